The standard InChI is InChI=1S/C10H12ClN3/c11-10-8-9(4-7-14-10)13-6-3-1-2-5-12/h4,7-8H,1-3,6H2,(H,13,14). The van der Waals surface area contributed by atoms with E-state index in [9.17, 15) is 0 Å². The first-order chi connectivity index (χ1) is 6.83. The predicted molar refractivity (Wildman–Crippen MR) is 57.2 cm³/mol. The van der Waals surface area contributed by atoms with Crippen molar-refractivity contribution in [1.29, 1.82) is 5.26 Å². The third-order valence-corrected chi connectivity index (χ3v) is 1.98. The summed E-state index contributed by atoms with van der Waals surface area (Å²) in [7, 11) is 0. The van der Waals surface area contributed by atoms with E-state index in [1.165, 1.54) is 0 Å². The number of nitrogens with one attached hydrogen (secondary N) is 1. The highest BCUT2D eigenvalue weighted by atomic mass is 35.5. The van der Waals surface area contributed by atoms with Crippen LogP contribution in [0.2, 0.25) is 5.15 Å². The van der Waals surface area contributed by atoms with Crippen LogP contribution in [0.3, 0.4) is 0 Å². The minimum atomic E-state index is 0.493. The van der Waals surface area contributed by atoms with Crippen molar-refractivity contribution in [3.8, 4) is 6.07 Å². The highest BCUT2D eigenvalue weighted by Gasteiger charge is 1.93. The van der Waals surface area contributed by atoms with Gasteiger partial charge < -0.3 is 5.32 Å². The molecular weight excluding hydrogens is 198 g/mol. The molecule has 74 valence electrons. The lowest BCUT2D eigenvalue weighted by atomic mass is 10.2. The lowest BCUT2D eigenvalue weighted by Gasteiger charge is -2.04. The van der Waals surface area contributed by atoms with Gasteiger partial charge in [0.2, 0.25) is 0 Å². The maximum Gasteiger partial charge on any atom is 0.131 e. The van der Waals surface area contributed by atoms with Crippen molar-refractivity contribution in [3.05, 3.63) is 23.5 Å². The summed E-state index contributed by atoms with van der Waals surface area (Å²) >= 11 is 5.71. The molecule has 0 bridgehead atoms. The summed E-state index contributed by atoms with van der Waals surface area (Å²) in [6.45, 7) is 0.863. The number of aromatic nitrogens is 1. The third kappa shape index (κ3) is 4.11. The molecule has 0 aliphatic heterocycles. The van der Waals surface area contributed by atoms with Crippen molar-refractivity contribution in [2.24, 2.45) is 0 Å². The largest absolute Gasteiger partial charge is 0.385 e. The summed E-state index contributed by atoms with van der Waals surface area (Å²) in [5, 5.41) is 12.0. The Bertz CT molecular complexity index is 319. The van der Waals surface area contributed by atoms with Crippen molar-refractivity contribution in [1.82, 2.24) is 4.98 Å². The number of pyridine rings is 1. The van der Waals surface area contributed by atoms with Crippen LogP contribution < -0.4 is 5.32 Å². The van der Waals surface area contributed by atoms with Gasteiger partial charge in [-0.15, -0.1) is 0 Å². The maximum absolute atomic E-state index is 8.32. The number of hydrogen-bond donors (Lipinski definition) is 1. The number of halogens is 1. The van der Waals surface area contributed by atoms with Gasteiger partial charge in [0.15, 0.2) is 0 Å². The van der Waals surface area contributed by atoms with E-state index >= 15 is 0 Å². The smallest absolute Gasteiger partial charge is 0.131 e. The number of anilines is 1. The Labute approximate surface area is 88.7 Å². The van der Waals surface area contributed by atoms with Crippen molar-refractivity contribution < 1.29 is 0 Å². The van der Waals surface area contributed by atoms with Crippen LogP contribution in [0.25, 0.3) is 0 Å². The molecule has 0 radical (unpaired) electrons. The molecule has 0 saturated carbocycles. The highest BCUT2D eigenvalue weighted by Crippen LogP contribution is 2.11. The topological polar surface area (TPSA) is 48.7 Å². The van der Waals surface area contributed by atoms with E-state index in [-0.39, 0.29) is 0 Å². The molecule has 3 nitrogen and oxygen atoms in total. The summed E-state index contributed by atoms with van der Waals surface area (Å²) in [4.78, 5) is 3.88. The second-order valence-corrected chi connectivity index (χ2v) is 3.30. The molecule has 0 aliphatic carbocycles. The first-order valence-corrected chi connectivity index (χ1v) is 4.93. The van der Waals surface area contributed by atoms with Crippen LogP contribution >= 0.6 is 11.6 Å². The van der Waals surface area contributed by atoms with Gasteiger partial charge in [-0.1, -0.05) is 11.6 Å². The summed E-state index contributed by atoms with van der Waals surface area (Å²) in [6.07, 6.45) is 4.22. The van der Waals surface area contributed by atoms with Gasteiger partial charge >= 0.3 is 0 Å². The van der Waals surface area contributed by atoms with Crippen LogP contribution in [0, 0.1) is 11.3 Å². The van der Waals surface area contributed by atoms with Gasteiger partial charge in [-0.25, -0.2) is 4.98 Å². The Morgan fingerprint density at radius 3 is 3.07 bits per heavy atom. The van der Waals surface area contributed by atoms with Gasteiger partial charge in [-0.05, 0) is 25.0 Å². The number of nitrogens with zero attached hydrogens (tertiary/aromatic N) is 2. The highest BCUT2D eigenvalue weighted by molar-refractivity contribution is 6.29. The van der Waals surface area contributed by atoms with Crippen LogP contribution in [0.15, 0.2) is 18.3 Å². The van der Waals surface area contributed by atoms with E-state index < -0.39 is 0 Å². The summed E-state index contributed by atoms with van der Waals surface area (Å²) in [5.41, 5.74) is 0.974. The van der Waals surface area contributed by atoms with E-state index in [1.807, 2.05) is 6.07 Å². The molecule has 0 aromatic carbocycles. The molecule has 0 spiro atoms. The van der Waals surface area contributed by atoms with E-state index in [4.69, 9.17) is 16.9 Å². The van der Waals surface area contributed by atoms with Crippen molar-refractivity contribution in [3.63, 3.8) is 0 Å². The number of rotatable bonds is 5. The third-order valence-electron chi connectivity index (χ3n) is 1.77. The molecule has 14 heavy (non-hydrogen) atoms. The monoisotopic (exact) mass is 209 g/mol. The van der Waals surface area contributed by atoms with Gasteiger partial charge in [-0.2, -0.15) is 5.26 Å². The SMILES string of the molecule is N#CCCCCNc1ccnc(Cl)c1. The molecule has 1 aromatic heterocycles. The Morgan fingerprint density at radius 2 is 2.36 bits per heavy atom. The van der Waals surface area contributed by atoms with Crippen molar-refractivity contribution in [2.45, 2.75) is 19.3 Å². The Hall–Kier alpha value is -1.27. The van der Waals surface area contributed by atoms with Crippen LogP contribution in [0.5, 0.6) is 0 Å². The molecule has 0 amide bonds. The van der Waals surface area contributed by atoms with Gasteiger partial charge in [0, 0.05) is 24.8 Å². The first kappa shape index (κ1) is 10.8. The zero-order valence-corrected chi connectivity index (χ0v) is 8.59. The Kier molecular flexibility index (Phi) is 4.81. The lowest BCUT2D eigenvalue weighted by molar-refractivity contribution is 0.784. The normalized spacial score (nSPS) is 9.43. The fourth-order valence-corrected chi connectivity index (χ4v) is 1.25. The van der Waals surface area contributed by atoms with Crippen molar-refractivity contribution >= 4 is 17.3 Å². The van der Waals surface area contributed by atoms with Gasteiger partial charge in [0.1, 0.15) is 5.15 Å². The Balaban J connectivity index is 2.22. The quantitative estimate of drug-likeness (QED) is 0.599. The summed E-state index contributed by atoms with van der Waals surface area (Å²) in [6, 6.07) is 5.77. The second-order valence-electron chi connectivity index (χ2n) is 2.91. The minimum absolute atomic E-state index is 0.493. The van der Waals surface area contributed by atoms with Crippen LogP contribution in [0.1, 0.15) is 19.3 Å². The molecule has 1 N–H and O–H groups in total. The molecule has 1 aromatic rings. The number of hydrogen-bond acceptors (Lipinski definition) is 3. The fraction of sp³-hybridized carbons (Fsp3) is 0.400. The van der Waals surface area contributed by atoms with Crippen LogP contribution in [-0.4, -0.2) is 11.5 Å². The minimum Gasteiger partial charge on any atom is -0.385 e. The number of nitriles is 1. The van der Waals surface area contributed by atoms with Gasteiger partial charge in [0.25, 0.3) is 0 Å². The molecule has 0 fully saturated rings. The number of unbranched alkanes of at least 4 members (excludes halogenated alkanes) is 2. The van der Waals surface area contributed by atoms with E-state index in [0.29, 0.717) is 11.6 Å². The average molecular weight is 210 g/mol. The van der Waals surface area contributed by atoms with Crippen molar-refractivity contribution in [2.75, 3.05) is 11.9 Å². The molecule has 0 atom stereocenters. The maximum atomic E-state index is 8.32. The van der Waals surface area contributed by atoms with E-state index in [2.05, 4.69) is 16.4 Å². The van der Waals surface area contributed by atoms with E-state index in [0.717, 1.165) is 25.1 Å². The molecule has 1 heterocycles. The fourth-order valence-electron chi connectivity index (χ4n) is 1.07. The second kappa shape index (κ2) is 6.22. The molecule has 0 unspecified atom stereocenters. The summed E-state index contributed by atoms with van der Waals surface area (Å²) in [5.74, 6) is 0. The average Bonchev–Trinajstić information content (AvgIpc) is 2.18. The van der Waals surface area contributed by atoms with Gasteiger partial charge in [0.05, 0.1) is 6.07 Å². The van der Waals surface area contributed by atoms with Crippen LogP contribution in [0.4, 0.5) is 5.69 Å². The predicted octanol–water partition coefficient (Wildman–Crippen LogP) is 2.84. The first-order valence-electron chi connectivity index (χ1n) is 4.55. The zero-order chi connectivity index (χ0) is 10.2. The lowest BCUT2D eigenvalue weighted by Crippen LogP contribution is -2.01. The van der Waals surface area contributed by atoms with Gasteiger partial charge in [-0.3, -0.25) is 0 Å². The summed E-state index contributed by atoms with van der Waals surface area (Å²) < 4.78 is 0. The molecular formula is C10H12ClN3. The molecule has 0 aliphatic rings. The molecule has 4 heteroatoms. The van der Waals surface area contributed by atoms with Crippen LogP contribution in [-0.2, 0) is 0 Å². The van der Waals surface area contributed by atoms with E-state index in [1.54, 1.807) is 12.3 Å². The zero-order valence-electron chi connectivity index (χ0n) is 7.83. The Morgan fingerprint density at radius 1 is 1.50 bits per heavy atom. The molecule has 0 saturated heterocycles. The molecule has 1 rings (SSSR count).